The second-order valence-electron chi connectivity index (χ2n) is 1.29. The molecule has 0 fully saturated rings. The minimum atomic E-state index is 0. The van der Waals surface area contributed by atoms with E-state index in [4.69, 9.17) is 4.74 Å². The van der Waals surface area contributed by atoms with Gasteiger partial charge in [0.2, 0.25) is 0 Å². The van der Waals surface area contributed by atoms with Crippen LogP contribution in [0.2, 0.25) is 0 Å². The average Bonchev–Trinajstić information content (AvgIpc) is 1.81. The summed E-state index contributed by atoms with van der Waals surface area (Å²) in [6.07, 6.45) is 4.31. The van der Waals surface area contributed by atoms with E-state index in [-0.39, 0.29) is 32.7 Å². The Labute approximate surface area is 80.5 Å². The predicted octanol–water partition coefficient (Wildman–Crippen LogP) is 1.03. The first-order chi connectivity index (χ1) is 3.91. The second-order valence-corrected chi connectivity index (χ2v) is 1.29. The summed E-state index contributed by atoms with van der Waals surface area (Å²) in [4.78, 5) is 9.56. The van der Waals surface area contributed by atoms with Crippen LogP contribution in [0.3, 0.4) is 0 Å². The Hall–Kier alpha value is 0.314. The molecule has 0 aliphatic carbocycles. The maximum atomic E-state index is 9.56. The largest absolute Gasteiger partial charge is 0.542 e. The number of rotatable bonds is 5. The third-order valence-corrected chi connectivity index (χ3v) is 0.659. The first-order valence-electron chi connectivity index (χ1n) is 2.49. The molecule has 0 aromatic heterocycles. The van der Waals surface area contributed by atoms with Crippen LogP contribution >= 0.6 is 0 Å². The summed E-state index contributed by atoms with van der Waals surface area (Å²) in [6, 6.07) is 0. The minimum Gasteiger partial charge on any atom is -0.542 e. The van der Waals surface area contributed by atoms with E-state index in [2.05, 4.69) is 6.58 Å². The molecule has 0 saturated heterocycles. The Morgan fingerprint density at radius 3 is 2.78 bits per heavy atom. The third-order valence-electron chi connectivity index (χ3n) is 0.659. The van der Waals surface area contributed by atoms with Gasteiger partial charge in [0.25, 0.3) is 0 Å². The Bertz CT molecular complexity index is 63.5. The number of hydrogen-bond donors (Lipinski definition) is 0. The van der Waals surface area contributed by atoms with E-state index in [1.54, 1.807) is 6.29 Å². The van der Waals surface area contributed by atoms with E-state index in [9.17, 15) is 4.79 Å². The van der Waals surface area contributed by atoms with Gasteiger partial charge < -0.3 is 9.53 Å². The fourth-order valence-corrected chi connectivity index (χ4v) is 0.311. The second kappa shape index (κ2) is 11.2. The Kier molecular flexibility index (Phi) is 14.9. The van der Waals surface area contributed by atoms with Gasteiger partial charge in [-0.1, -0.05) is 6.58 Å². The van der Waals surface area contributed by atoms with E-state index in [1.807, 2.05) is 0 Å². The maximum absolute atomic E-state index is 9.56. The smallest absolute Gasteiger partial charge is 0.0850 e. The molecule has 2 nitrogen and oxygen atoms in total. The van der Waals surface area contributed by atoms with Gasteiger partial charge >= 0.3 is 0 Å². The third kappa shape index (κ3) is 11.7. The van der Waals surface area contributed by atoms with Crippen LogP contribution in [0.1, 0.15) is 12.8 Å². The topological polar surface area (TPSA) is 26.3 Å². The van der Waals surface area contributed by atoms with Crippen molar-refractivity contribution in [3.05, 3.63) is 12.8 Å². The summed E-state index contributed by atoms with van der Waals surface area (Å²) in [5.41, 5.74) is 0. The Morgan fingerprint density at radius 1 is 1.67 bits per heavy atom. The number of carbonyl (C=O) groups excluding carboxylic acids is 1. The van der Waals surface area contributed by atoms with Crippen LogP contribution in [0.25, 0.3) is 0 Å². The monoisotopic (exact) mass is 202 g/mol. The molecule has 0 aliphatic heterocycles. The number of ether oxygens (including phenoxy) is 1. The standard InChI is InChI=1S/C6H9O2.Y/c1-2-8-6-4-3-5-7;/h2H,1,3-4,6H2;/q-1;. The predicted molar refractivity (Wildman–Crippen MR) is 31.1 cm³/mol. The molecule has 0 bridgehead atoms. The fourth-order valence-electron chi connectivity index (χ4n) is 0.311. The molecule has 3 heteroatoms. The van der Waals surface area contributed by atoms with Crippen LogP contribution in [0.15, 0.2) is 12.8 Å². The van der Waals surface area contributed by atoms with Crippen LogP contribution in [0.5, 0.6) is 0 Å². The van der Waals surface area contributed by atoms with Gasteiger partial charge in [-0.25, -0.2) is 0 Å². The van der Waals surface area contributed by atoms with Gasteiger partial charge in [-0.15, -0.1) is 6.42 Å². The van der Waals surface area contributed by atoms with Crippen molar-refractivity contribution in [3.8, 4) is 0 Å². The number of hydrogen-bond acceptors (Lipinski definition) is 2. The van der Waals surface area contributed by atoms with Gasteiger partial charge in [0.05, 0.1) is 12.9 Å². The first kappa shape index (κ1) is 12.0. The molecule has 1 radical (unpaired) electrons. The zero-order valence-electron chi connectivity index (χ0n) is 5.30. The molecule has 0 N–H and O–H groups in total. The van der Waals surface area contributed by atoms with Crippen LogP contribution in [0.4, 0.5) is 0 Å². The summed E-state index contributed by atoms with van der Waals surface area (Å²) in [5, 5.41) is 0. The van der Waals surface area contributed by atoms with Crippen molar-refractivity contribution in [2.24, 2.45) is 0 Å². The summed E-state index contributed by atoms with van der Waals surface area (Å²) >= 11 is 0. The van der Waals surface area contributed by atoms with E-state index < -0.39 is 0 Å². The zero-order valence-corrected chi connectivity index (χ0v) is 8.14. The van der Waals surface area contributed by atoms with Gasteiger partial charge in [-0.2, -0.15) is 0 Å². The van der Waals surface area contributed by atoms with Crippen LogP contribution in [0, 0.1) is 0 Å². The molecule has 0 spiro atoms. The molecule has 0 saturated carbocycles. The molecule has 0 aliphatic rings. The summed E-state index contributed by atoms with van der Waals surface area (Å²) < 4.78 is 4.72. The summed E-state index contributed by atoms with van der Waals surface area (Å²) in [7, 11) is 0. The van der Waals surface area contributed by atoms with E-state index in [0.29, 0.717) is 13.0 Å². The van der Waals surface area contributed by atoms with Gasteiger partial charge in [0.15, 0.2) is 0 Å². The SMILES string of the molecule is C=COCCC[C-]=O.[Y]. The van der Waals surface area contributed by atoms with Crippen molar-refractivity contribution < 1.29 is 42.2 Å². The molecular weight excluding hydrogens is 193 g/mol. The van der Waals surface area contributed by atoms with Crippen LogP contribution < -0.4 is 0 Å². The van der Waals surface area contributed by atoms with E-state index in [1.165, 1.54) is 6.26 Å². The Balaban J connectivity index is 0. The molecular formula is C6H9O2Y-. The van der Waals surface area contributed by atoms with Crippen molar-refractivity contribution in [3.63, 3.8) is 0 Å². The number of unbranched alkanes of at least 4 members (excludes halogenated alkanes) is 1. The molecule has 0 amide bonds. The quantitative estimate of drug-likeness (QED) is 0.378. The van der Waals surface area contributed by atoms with E-state index >= 15 is 0 Å². The van der Waals surface area contributed by atoms with Gasteiger partial charge in [-0.05, 0) is 6.42 Å². The molecule has 0 atom stereocenters. The van der Waals surface area contributed by atoms with Crippen molar-refractivity contribution in [2.45, 2.75) is 12.8 Å². The van der Waals surface area contributed by atoms with E-state index in [0.717, 1.165) is 6.42 Å². The average molecular weight is 202 g/mol. The molecule has 49 valence electrons. The van der Waals surface area contributed by atoms with Crippen LogP contribution in [-0.4, -0.2) is 12.9 Å². The van der Waals surface area contributed by atoms with Gasteiger partial charge in [0, 0.05) is 32.7 Å². The summed E-state index contributed by atoms with van der Waals surface area (Å²) in [6.45, 7) is 3.91. The zero-order chi connectivity index (χ0) is 6.24. The van der Waals surface area contributed by atoms with Gasteiger partial charge in [0.1, 0.15) is 0 Å². The first-order valence-corrected chi connectivity index (χ1v) is 2.49. The molecule has 0 aromatic rings. The van der Waals surface area contributed by atoms with Crippen molar-refractivity contribution in [2.75, 3.05) is 6.61 Å². The van der Waals surface area contributed by atoms with Crippen molar-refractivity contribution in [1.82, 2.24) is 0 Å². The van der Waals surface area contributed by atoms with Crippen molar-refractivity contribution >= 4 is 6.29 Å². The maximum Gasteiger partial charge on any atom is 0.0850 e. The van der Waals surface area contributed by atoms with Gasteiger partial charge in [-0.3, -0.25) is 6.29 Å². The van der Waals surface area contributed by atoms with Crippen molar-refractivity contribution in [1.29, 1.82) is 0 Å². The molecule has 0 aromatic carbocycles. The summed E-state index contributed by atoms with van der Waals surface area (Å²) in [5.74, 6) is 0. The molecule has 0 heterocycles. The molecule has 9 heavy (non-hydrogen) atoms. The Morgan fingerprint density at radius 2 is 2.33 bits per heavy atom. The molecule has 0 rings (SSSR count). The fraction of sp³-hybridized carbons (Fsp3) is 0.500. The normalized spacial score (nSPS) is 7.11. The molecule has 0 unspecified atom stereocenters. The van der Waals surface area contributed by atoms with Crippen LogP contribution in [-0.2, 0) is 42.2 Å². The minimum absolute atomic E-state index is 0.